The summed E-state index contributed by atoms with van der Waals surface area (Å²) in [6.45, 7) is 0.608. The van der Waals surface area contributed by atoms with Crippen molar-refractivity contribution in [1.82, 2.24) is 9.88 Å². The summed E-state index contributed by atoms with van der Waals surface area (Å²) in [6, 6.07) is 11.9. The van der Waals surface area contributed by atoms with Crippen LogP contribution in [0, 0.1) is 10.1 Å². The average molecular weight is 331 g/mol. The molecule has 0 spiro atoms. The van der Waals surface area contributed by atoms with Crippen LogP contribution in [0.15, 0.2) is 53.6 Å². The van der Waals surface area contributed by atoms with Crippen LogP contribution in [-0.4, -0.2) is 40.1 Å². The summed E-state index contributed by atoms with van der Waals surface area (Å²) in [6.07, 6.45) is 2.45. The number of aromatic nitrogens is 1. The van der Waals surface area contributed by atoms with Crippen molar-refractivity contribution in [3.05, 3.63) is 64.5 Å². The molecular formula is C16H17N3O3S. The van der Waals surface area contributed by atoms with Crippen LogP contribution in [0.1, 0.15) is 5.69 Å². The van der Waals surface area contributed by atoms with Gasteiger partial charge in [0, 0.05) is 48.9 Å². The standard InChI is InChI=1S/C16H17N3O3S/c1-18(11-9-13-4-2-3-10-17-13)16(20)12-23-15-7-5-14(6-8-15)19(21)22/h2-8,10H,9,11-12H2,1H3. The van der Waals surface area contributed by atoms with Crippen LogP contribution in [0.2, 0.25) is 0 Å². The monoisotopic (exact) mass is 331 g/mol. The highest BCUT2D eigenvalue weighted by Gasteiger charge is 2.10. The lowest BCUT2D eigenvalue weighted by atomic mass is 10.2. The number of rotatable bonds is 7. The molecule has 0 aliphatic heterocycles. The third kappa shape index (κ3) is 5.37. The number of likely N-dealkylation sites (N-methyl/N-ethyl adjacent to an activating group) is 1. The minimum absolute atomic E-state index is 0.0179. The molecular weight excluding hydrogens is 314 g/mol. The first kappa shape index (κ1) is 17.0. The van der Waals surface area contributed by atoms with E-state index >= 15 is 0 Å². The van der Waals surface area contributed by atoms with Gasteiger partial charge in [0.15, 0.2) is 0 Å². The first-order valence-electron chi connectivity index (χ1n) is 7.07. The first-order valence-corrected chi connectivity index (χ1v) is 8.06. The molecule has 0 saturated heterocycles. The normalized spacial score (nSPS) is 10.3. The second kappa shape index (κ2) is 8.28. The number of carbonyl (C=O) groups is 1. The van der Waals surface area contributed by atoms with Crippen molar-refractivity contribution in [2.75, 3.05) is 19.3 Å². The molecule has 1 heterocycles. The molecule has 0 aliphatic rings. The number of pyridine rings is 1. The Morgan fingerprint density at radius 1 is 1.26 bits per heavy atom. The molecule has 2 rings (SSSR count). The predicted octanol–water partition coefficient (Wildman–Crippen LogP) is 2.78. The number of nitro groups is 1. The third-order valence-corrected chi connectivity index (χ3v) is 4.26. The summed E-state index contributed by atoms with van der Waals surface area (Å²) in [5.74, 6) is 0.320. The van der Waals surface area contributed by atoms with E-state index < -0.39 is 4.92 Å². The summed E-state index contributed by atoms with van der Waals surface area (Å²) in [7, 11) is 1.77. The summed E-state index contributed by atoms with van der Waals surface area (Å²) in [4.78, 5) is 29.0. The molecule has 6 nitrogen and oxygen atoms in total. The van der Waals surface area contributed by atoms with Crippen molar-refractivity contribution in [3.8, 4) is 0 Å². The number of thioether (sulfide) groups is 1. The van der Waals surface area contributed by atoms with Crippen molar-refractivity contribution in [2.24, 2.45) is 0 Å². The fourth-order valence-electron chi connectivity index (χ4n) is 1.87. The summed E-state index contributed by atoms with van der Waals surface area (Å²) in [5, 5.41) is 10.6. The van der Waals surface area contributed by atoms with Crippen LogP contribution in [0.4, 0.5) is 5.69 Å². The topological polar surface area (TPSA) is 76.3 Å². The zero-order valence-electron chi connectivity index (χ0n) is 12.7. The van der Waals surface area contributed by atoms with E-state index in [9.17, 15) is 14.9 Å². The fourth-order valence-corrected chi connectivity index (χ4v) is 2.71. The van der Waals surface area contributed by atoms with Gasteiger partial charge in [-0.3, -0.25) is 19.9 Å². The quantitative estimate of drug-likeness (QED) is 0.443. The van der Waals surface area contributed by atoms with Gasteiger partial charge in [-0.05, 0) is 24.3 Å². The van der Waals surface area contributed by atoms with Gasteiger partial charge in [0.05, 0.1) is 10.7 Å². The minimum atomic E-state index is -0.439. The zero-order valence-corrected chi connectivity index (χ0v) is 13.5. The Balaban J connectivity index is 1.78. The van der Waals surface area contributed by atoms with Crippen molar-refractivity contribution < 1.29 is 9.72 Å². The molecule has 7 heteroatoms. The Morgan fingerprint density at radius 2 is 2.00 bits per heavy atom. The molecule has 0 aliphatic carbocycles. The molecule has 1 aromatic carbocycles. The molecule has 2 aromatic rings. The highest BCUT2D eigenvalue weighted by molar-refractivity contribution is 8.00. The lowest BCUT2D eigenvalue weighted by Gasteiger charge is -2.16. The molecule has 0 N–H and O–H groups in total. The van der Waals surface area contributed by atoms with Crippen molar-refractivity contribution >= 4 is 23.4 Å². The molecule has 120 valence electrons. The molecule has 0 fully saturated rings. The number of non-ortho nitro benzene ring substituents is 1. The third-order valence-electron chi connectivity index (χ3n) is 3.27. The highest BCUT2D eigenvalue weighted by atomic mass is 32.2. The number of nitro benzene ring substituents is 1. The van der Waals surface area contributed by atoms with Crippen LogP contribution in [0.25, 0.3) is 0 Å². The predicted molar refractivity (Wildman–Crippen MR) is 89.4 cm³/mol. The van der Waals surface area contributed by atoms with Gasteiger partial charge < -0.3 is 4.90 Å². The van der Waals surface area contributed by atoms with E-state index in [0.29, 0.717) is 18.7 Å². The van der Waals surface area contributed by atoms with E-state index in [1.165, 1.54) is 23.9 Å². The van der Waals surface area contributed by atoms with E-state index in [2.05, 4.69) is 4.98 Å². The Kier molecular flexibility index (Phi) is 6.10. The molecule has 0 atom stereocenters. The molecule has 0 unspecified atom stereocenters. The number of hydrogen-bond acceptors (Lipinski definition) is 5. The first-order chi connectivity index (χ1) is 11.1. The van der Waals surface area contributed by atoms with Gasteiger partial charge in [0.1, 0.15) is 0 Å². The van der Waals surface area contributed by atoms with Gasteiger partial charge in [-0.1, -0.05) is 6.07 Å². The van der Waals surface area contributed by atoms with E-state index in [4.69, 9.17) is 0 Å². The van der Waals surface area contributed by atoms with E-state index in [1.807, 2.05) is 18.2 Å². The maximum absolute atomic E-state index is 12.1. The number of nitrogens with zero attached hydrogens (tertiary/aromatic N) is 3. The highest BCUT2D eigenvalue weighted by Crippen LogP contribution is 2.21. The molecule has 0 saturated carbocycles. The van der Waals surface area contributed by atoms with Gasteiger partial charge >= 0.3 is 0 Å². The second-order valence-corrected chi connectivity index (χ2v) is 5.97. The van der Waals surface area contributed by atoms with Gasteiger partial charge in [-0.25, -0.2) is 0 Å². The number of hydrogen-bond donors (Lipinski definition) is 0. The maximum Gasteiger partial charge on any atom is 0.269 e. The van der Waals surface area contributed by atoms with Gasteiger partial charge in [0.25, 0.3) is 5.69 Å². The van der Waals surface area contributed by atoms with Crippen LogP contribution < -0.4 is 0 Å². The molecule has 1 amide bonds. The Bertz CT molecular complexity index is 662. The Labute approximate surface area is 138 Å². The van der Waals surface area contributed by atoms with Crippen LogP contribution in [0.5, 0.6) is 0 Å². The Morgan fingerprint density at radius 3 is 2.61 bits per heavy atom. The summed E-state index contributed by atoms with van der Waals surface area (Å²) < 4.78 is 0. The second-order valence-electron chi connectivity index (χ2n) is 4.93. The van der Waals surface area contributed by atoms with E-state index in [-0.39, 0.29) is 11.6 Å². The largest absolute Gasteiger partial charge is 0.345 e. The van der Waals surface area contributed by atoms with Gasteiger partial charge in [-0.15, -0.1) is 11.8 Å². The van der Waals surface area contributed by atoms with E-state index in [1.54, 1.807) is 30.3 Å². The van der Waals surface area contributed by atoms with Crippen molar-refractivity contribution in [1.29, 1.82) is 0 Å². The minimum Gasteiger partial charge on any atom is -0.345 e. The molecule has 0 bridgehead atoms. The maximum atomic E-state index is 12.1. The lowest BCUT2D eigenvalue weighted by molar-refractivity contribution is -0.384. The summed E-state index contributed by atoms with van der Waals surface area (Å²) in [5.41, 5.74) is 1.00. The summed E-state index contributed by atoms with van der Waals surface area (Å²) >= 11 is 1.37. The number of benzene rings is 1. The fraction of sp³-hybridized carbons (Fsp3) is 0.250. The van der Waals surface area contributed by atoms with Crippen LogP contribution >= 0.6 is 11.8 Å². The average Bonchev–Trinajstić information content (AvgIpc) is 2.58. The SMILES string of the molecule is CN(CCc1ccccn1)C(=O)CSc1ccc([N+](=O)[O-])cc1. The lowest BCUT2D eigenvalue weighted by Crippen LogP contribution is -2.30. The molecule has 1 aromatic heterocycles. The molecule has 0 radical (unpaired) electrons. The van der Waals surface area contributed by atoms with Crippen molar-refractivity contribution in [3.63, 3.8) is 0 Å². The van der Waals surface area contributed by atoms with E-state index in [0.717, 1.165) is 10.6 Å². The number of amides is 1. The Hall–Kier alpha value is -2.41. The smallest absolute Gasteiger partial charge is 0.269 e. The van der Waals surface area contributed by atoms with Gasteiger partial charge in [-0.2, -0.15) is 0 Å². The van der Waals surface area contributed by atoms with Gasteiger partial charge in [0.2, 0.25) is 5.91 Å². The zero-order chi connectivity index (χ0) is 16.7. The molecule has 23 heavy (non-hydrogen) atoms. The van der Waals surface area contributed by atoms with Crippen LogP contribution in [-0.2, 0) is 11.2 Å². The number of carbonyl (C=O) groups excluding carboxylic acids is 1. The van der Waals surface area contributed by atoms with Crippen LogP contribution in [0.3, 0.4) is 0 Å². The van der Waals surface area contributed by atoms with Crippen molar-refractivity contribution in [2.45, 2.75) is 11.3 Å².